The highest BCUT2D eigenvalue weighted by molar-refractivity contribution is 5.75. The highest BCUT2D eigenvalue weighted by Gasteiger charge is 2.63. The average Bonchev–Trinajstić information content (AvgIpc) is 2.77. The molecule has 0 aliphatic heterocycles. The minimum absolute atomic E-state index is 0.0545. The topological polar surface area (TPSA) is 57.5 Å². The van der Waals surface area contributed by atoms with Gasteiger partial charge in [-0.1, -0.05) is 25.0 Å². The smallest absolute Gasteiger partial charge is 0.309 e. The fraction of sp³-hybridized carbons (Fsp3) is 0.850. The van der Waals surface area contributed by atoms with E-state index in [0.29, 0.717) is 18.4 Å². The van der Waals surface area contributed by atoms with E-state index in [1.165, 1.54) is 6.42 Å². The monoisotopic (exact) mass is 318 g/mol. The molecule has 0 heterocycles. The van der Waals surface area contributed by atoms with Crippen LogP contribution >= 0.6 is 0 Å². The molecule has 4 rings (SSSR count). The molecule has 3 heteroatoms. The molecule has 0 radical (unpaired) electrons. The maximum atomic E-state index is 12.0. The van der Waals surface area contributed by atoms with E-state index in [2.05, 4.69) is 13.0 Å². The van der Waals surface area contributed by atoms with Crippen molar-refractivity contribution >= 4 is 5.97 Å². The van der Waals surface area contributed by atoms with Gasteiger partial charge in [0.05, 0.1) is 5.41 Å². The number of aliphatic carboxylic acids is 1. The third-order valence-electron chi connectivity index (χ3n) is 8.35. The lowest BCUT2D eigenvalue weighted by atomic mass is 9.44. The summed E-state index contributed by atoms with van der Waals surface area (Å²) in [4.78, 5) is 12.0. The van der Waals surface area contributed by atoms with Crippen molar-refractivity contribution in [2.45, 2.75) is 65.2 Å². The number of rotatable bonds is 2. The zero-order valence-corrected chi connectivity index (χ0v) is 14.5. The average molecular weight is 318 g/mol. The number of carboxylic acids is 1. The van der Waals surface area contributed by atoms with E-state index in [0.717, 1.165) is 44.9 Å². The maximum absolute atomic E-state index is 12.0. The van der Waals surface area contributed by atoms with E-state index in [4.69, 9.17) is 0 Å². The van der Waals surface area contributed by atoms with Crippen LogP contribution in [0.1, 0.15) is 65.2 Å². The molecule has 2 N–H and O–H groups in total. The van der Waals surface area contributed by atoms with E-state index < -0.39 is 11.4 Å². The van der Waals surface area contributed by atoms with Crippen LogP contribution in [-0.4, -0.2) is 22.8 Å². The summed E-state index contributed by atoms with van der Waals surface area (Å²) in [6.07, 6.45) is 11.1. The molecule has 4 aliphatic rings. The predicted molar refractivity (Wildman–Crippen MR) is 88.9 cm³/mol. The fourth-order valence-electron chi connectivity index (χ4n) is 7.30. The van der Waals surface area contributed by atoms with E-state index >= 15 is 0 Å². The molecule has 0 aromatic heterocycles. The Morgan fingerprint density at radius 1 is 1.26 bits per heavy atom. The van der Waals surface area contributed by atoms with Gasteiger partial charge in [-0.2, -0.15) is 0 Å². The van der Waals surface area contributed by atoms with Crippen molar-refractivity contribution in [2.24, 2.45) is 34.0 Å². The van der Waals surface area contributed by atoms with Crippen LogP contribution in [0.3, 0.4) is 0 Å². The molecule has 0 aromatic carbocycles. The highest BCUT2D eigenvalue weighted by Crippen LogP contribution is 2.70. The molecule has 3 fully saturated rings. The van der Waals surface area contributed by atoms with Crippen molar-refractivity contribution in [3.63, 3.8) is 0 Å². The van der Waals surface area contributed by atoms with Gasteiger partial charge in [-0.05, 0) is 80.5 Å². The molecule has 2 bridgehead atoms. The molecule has 0 amide bonds. The van der Waals surface area contributed by atoms with Gasteiger partial charge in [0.1, 0.15) is 0 Å². The Morgan fingerprint density at radius 2 is 2.04 bits per heavy atom. The summed E-state index contributed by atoms with van der Waals surface area (Å²) >= 11 is 0. The number of carbonyl (C=O) groups is 1. The highest BCUT2D eigenvalue weighted by atomic mass is 16.4. The molecule has 0 unspecified atom stereocenters. The first-order valence-corrected chi connectivity index (χ1v) is 9.41. The fourth-order valence-corrected chi connectivity index (χ4v) is 7.30. The largest absolute Gasteiger partial charge is 0.481 e. The molecule has 3 saturated carbocycles. The van der Waals surface area contributed by atoms with Crippen LogP contribution in [0.2, 0.25) is 0 Å². The molecule has 0 saturated heterocycles. The maximum Gasteiger partial charge on any atom is 0.309 e. The second kappa shape index (κ2) is 4.84. The van der Waals surface area contributed by atoms with Crippen LogP contribution in [0.25, 0.3) is 0 Å². The third-order valence-corrected chi connectivity index (χ3v) is 8.35. The first-order chi connectivity index (χ1) is 10.9. The van der Waals surface area contributed by atoms with E-state index in [-0.39, 0.29) is 16.7 Å². The lowest BCUT2D eigenvalue weighted by molar-refractivity contribution is -0.161. The normalized spacial score (nSPS) is 51.6. The van der Waals surface area contributed by atoms with Crippen LogP contribution in [0, 0.1) is 34.0 Å². The van der Waals surface area contributed by atoms with Crippen LogP contribution < -0.4 is 0 Å². The van der Waals surface area contributed by atoms with Crippen LogP contribution in [-0.2, 0) is 4.79 Å². The van der Waals surface area contributed by atoms with Gasteiger partial charge in [0.2, 0.25) is 0 Å². The quantitative estimate of drug-likeness (QED) is 0.756. The Bertz CT molecular complexity index is 567. The van der Waals surface area contributed by atoms with Gasteiger partial charge >= 0.3 is 5.97 Å². The molecule has 1 spiro atoms. The number of aliphatic hydroxyl groups is 1. The van der Waals surface area contributed by atoms with E-state index in [9.17, 15) is 15.0 Å². The van der Waals surface area contributed by atoms with Crippen molar-refractivity contribution in [3.05, 3.63) is 11.6 Å². The van der Waals surface area contributed by atoms with Crippen molar-refractivity contribution in [3.8, 4) is 0 Å². The summed E-state index contributed by atoms with van der Waals surface area (Å²) in [5.74, 6) is 0.776. The van der Waals surface area contributed by atoms with E-state index in [1.54, 1.807) is 5.57 Å². The predicted octanol–water partition coefficient (Wildman–Crippen LogP) is 4.01. The van der Waals surface area contributed by atoms with E-state index in [1.807, 2.05) is 6.92 Å². The van der Waals surface area contributed by atoms with Gasteiger partial charge < -0.3 is 10.2 Å². The Hall–Kier alpha value is -0.830. The molecule has 0 aromatic rings. The summed E-state index contributed by atoms with van der Waals surface area (Å²) in [5, 5.41) is 19.7. The van der Waals surface area contributed by atoms with Gasteiger partial charge in [0.15, 0.2) is 0 Å². The number of hydrogen-bond acceptors (Lipinski definition) is 2. The van der Waals surface area contributed by atoms with Crippen molar-refractivity contribution < 1.29 is 15.0 Å². The number of hydrogen-bond donors (Lipinski definition) is 2. The van der Waals surface area contributed by atoms with Gasteiger partial charge in [0, 0.05) is 6.61 Å². The van der Waals surface area contributed by atoms with Crippen LogP contribution in [0.15, 0.2) is 11.6 Å². The number of fused-ring (bicyclic) bond motifs is 3. The number of allylic oxidation sites excluding steroid dienone is 2. The standard InChI is InChI=1S/C20H30O3/c1-18-7-3-8-19(2,17(22)23)15(18)6-9-20-10-13(4-5-16(18)20)14(11-20)12-21/h5,13-15,21H,3-4,6-12H2,1-2H3,(H,22,23)/t13-,14-,15+,18-,19-,20+/m0/s1. The van der Waals surface area contributed by atoms with Crippen molar-refractivity contribution in [1.82, 2.24) is 0 Å². The molecular weight excluding hydrogens is 288 g/mol. The Labute approximate surface area is 139 Å². The number of aliphatic hydroxyl groups excluding tert-OH is 1. The third kappa shape index (κ3) is 1.89. The Kier molecular flexibility index (Phi) is 3.30. The lowest BCUT2D eigenvalue weighted by Crippen LogP contribution is -2.54. The van der Waals surface area contributed by atoms with Gasteiger partial charge in [0.25, 0.3) is 0 Å². The Morgan fingerprint density at radius 3 is 2.74 bits per heavy atom. The summed E-state index contributed by atoms with van der Waals surface area (Å²) in [7, 11) is 0. The van der Waals surface area contributed by atoms with Crippen molar-refractivity contribution in [1.29, 1.82) is 0 Å². The van der Waals surface area contributed by atoms with Crippen LogP contribution in [0.5, 0.6) is 0 Å². The SMILES string of the molecule is C[C@]1(C(=O)O)CCC[C@]2(C)C3=CC[C@H]4C[C@]3(CC[C@@H]12)C[C@H]4CO. The molecule has 4 aliphatic carbocycles. The summed E-state index contributed by atoms with van der Waals surface area (Å²) in [5.41, 5.74) is 1.35. The second-order valence-electron chi connectivity index (χ2n) is 9.33. The second-order valence-corrected chi connectivity index (χ2v) is 9.33. The van der Waals surface area contributed by atoms with Gasteiger partial charge in [-0.3, -0.25) is 4.79 Å². The minimum atomic E-state index is -0.599. The molecule has 6 atom stereocenters. The van der Waals surface area contributed by atoms with Crippen molar-refractivity contribution in [2.75, 3.05) is 6.61 Å². The zero-order valence-electron chi connectivity index (χ0n) is 14.5. The lowest BCUT2D eigenvalue weighted by Gasteiger charge is -2.60. The number of carboxylic acid groups (broad SMARTS) is 1. The molecule has 128 valence electrons. The zero-order chi connectivity index (χ0) is 16.5. The van der Waals surface area contributed by atoms with Crippen LogP contribution in [0.4, 0.5) is 0 Å². The molecule has 23 heavy (non-hydrogen) atoms. The van der Waals surface area contributed by atoms with Gasteiger partial charge in [-0.15, -0.1) is 0 Å². The minimum Gasteiger partial charge on any atom is -0.481 e. The summed E-state index contributed by atoms with van der Waals surface area (Å²) in [6.45, 7) is 4.67. The summed E-state index contributed by atoms with van der Waals surface area (Å²) in [6, 6.07) is 0. The Balaban J connectivity index is 1.75. The summed E-state index contributed by atoms with van der Waals surface area (Å²) < 4.78 is 0. The molecule has 3 nitrogen and oxygen atoms in total. The van der Waals surface area contributed by atoms with Gasteiger partial charge in [-0.25, -0.2) is 0 Å². The first kappa shape index (κ1) is 15.7. The molecular formula is C20H30O3. The first-order valence-electron chi connectivity index (χ1n) is 9.41.